The molecule has 1 aliphatic rings. The topological polar surface area (TPSA) is 21.3 Å². The lowest BCUT2D eigenvalue weighted by molar-refractivity contribution is -0.122. The molecule has 11 heavy (non-hydrogen) atoms. The minimum Gasteiger partial charge on any atom is -0.368 e. The summed E-state index contributed by atoms with van der Waals surface area (Å²) < 4.78 is 30.6. The van der Waals surface area contributed by atoms with E-state index in [9.17, 15) is 8.78 Å². The maximum atomic E-state index is 12.8. The van der Waals surface area contributed by atoms with Crippen molar-refractivity contribution in [2.24, 2.45) is 0 Å². The van der Waals surface area contributed by atoms with Gasteiger partial charge in [-0.1, -0.05) is 0 Å². The van der Waals surface area contributed by atoms with Crippen LogP contribution in [0.25, 0.3) is 0 Å². The fourth-order valence-electron chi connectivity index (χ4n) is 1.11. The summed E-state index contributed by atoms with van der Waals surface area (Å²) in [5, 5.41) is 2.59. The highest BCUT2D eigenvalue weighted by atomic mass is 19.3. The number of rotatable bonds is 2. The Kier molecular flexibility index (Phi) is 2.44. The van der Waals surface area contributed by atoms with Gasteiger partial charge in [-0.2, -0.15) is 0 Å². The minimum absolute atomic E-state index is 0.134. The smallest absolute Gasteiger partial charge is 0.287 e. The molecule has 1 atom stereocenters. The van der Waals surface area contributed by atoms with Crippen molar-refractivity contribution in [3.8, 4) is 0 Å². The lowest BCUT2D eigenvalue weighted by Crippen LogP contribution is -2.35. The third-order valence-electron chi connectivity index (χ3n) is 1.60. The lowest BCUT2D eigenvalue weighted by atomic mass is 10.2. The van der Waals surface area contributed by atoms with Crippen LogP contribution in [0.3, 0.4) is 0 Å². The summed E-state index contributed by atoms with van der Waals surface area (Å²) in [6.45, 7) is 3.51. The zero-order chi connectivity index (χ0) is 8.48. The van der Waals surface area contributed by atoms with Crippen molar-refractivity contribution < 1.29 is 13.5 Å². The fraction of sp³-hybridized carbons (Fsp3) is 1.00. The SMILES string of the molecule is CC(C)O[C@H]1CNCC1(F)F. The Balaban J connectivity index is 2.45. The molecule has 1 N–H and O–H groups in total. The molecule has 0 radical (unpaired) electrons. The van der Waals surface area contributed by atoms with E-state index in [-0.39, 0.29) is 19.2 Å². The molecule has 0 aromatic carbocycles. The molecule has 0 saturated carbocycles. The third kappa shape index (κ3) is 2.10. The molecule has 0 unspecified atom stereocenters. The Hall–Kier alpha value is -0.220. The van der Waals surface area contributed by atoms with Gasteiger partial charge < -0.3 is 10.1 Å². The molecule has 0 bridgehead atoms. The molecule has 0 spiro atoms. The molecule has 1 aliphatic heterocycles. The molecule has 1 heterocycles. The maximum Gasteiger partial charge on any atom is 0.287 e. The van der Waals surface area contributed by atoms with Crippen LogP contribution in [0.15, 0.2) is 0 Å². The molecule has 1 rings (SSSR count). The van der Waals surface area contributed by atoms with Crippen molar-refractivity contribution in [3.63, 3.8) is 0 Å². The van der Waals surface area contributed by atoms with E-state index in [2.05, 4.69) is 5.32 Å². The molecule has 1 saturated heterocycles. The molecule has 66 valence electrons. The number of halogens is 2. The first kappa shape index (κ1) is 8.87. The van der Waals surface area contributed by atoms with Crippen LogP contribution >= 0.6 is 0 Å². The van der Waals surface area contributed by atoms with Gasteiger partial charge in [0, 0.05) is 6.54 Å². The van der Waals surface area contributed by atoms with E-state index in [0.717, 1.165) is 0 Å². The van der Waals surface area contributed by atoms with Gasteiger partial charge in [-0.15, -0.1) is 0 Å². The van der Waals surface area contributed by atoms with Crippen molar-refractivity contribution in [3.05, 3.63) is 0 Å². The van der Waals surface area contributed by atoms with Crippen molar-refractivity contribution in [1.29, 1.82) is 0 Å². The monoisotopic (exact) mass is 165 g/mol. The molecule has 0 aromatic rings. The van der Waals surface area contributed by atoms with Crippen LogP contribution in [0.1, 0.15) is 13.8 Å². The largest absolute Gasteiger partial charge is 0.368 e. The first-order chi connectivity index (χ1) is 5.02. The van der Waals surface area contributed by atoms with E-state index < -0.39 is 12.0 Å². The number of ether oxygens (including phenoxy) is 1. The quantitative estimate of drug-likeness (QED) is 0.659. The van der Waals surface area contributed by atoms with Crippen LogP contribution in [-0.4, -0.2) is 31.2 Å². The molecule has 0 aromatic heterocycles. The molecule has 2 nitrogen and oxygen atoms in total. The number of nitrogens with one attached hydrogen (secondary N) is 1. The summed E-state index contributed by atoms with van der Waals surface area (Å²) in [7, 11) is 0. The van der Waals surface area contributed by atoms with Gasteiger partial charge in [0.2, 0.25) is 0 Å². The van der Waals surface area contributed by atoms with Gasteiger partial charge in [0.25, 0.3) is 5.92 Å². The molecular weight excluding hydrogens is 152 g/mol. The average Bonchev–Trinajstić information content (AvgIpc) is 2.10. The first-order valence-electron chi connectivity index (χ1n) is 3.76. The first-order valence-corrected chi connectivity index (χ1v) is 3.76. The highest BCUT2D eigenvalue weighted by molar-refractivity contribution is 4.89. The maximum absolute atomic E-state index is 12.8. The van der Waals surface area contributed by atoms with Gasteiger partial charge in [-0.3, -0.25) is 0 Å². The van der Waals surface area contributed by atoms with Crippen molar-refractivity contribution in [2.75, 3.05) is 13.1 Å². The third-order valence-corrected chi connectivity index (χ3v) is 1.60. The van der Waals surface area contributed by atoms with E-state index in [1.807, 2.05) is 0 Å². The van der Waals surface area contributed by atoms with E-state index >= 15 is 0 Å². The number of hydrogen-bond donors (Lipinski definition) is 1. The Morgan fingerprint density at radius 2 is 2.18 bits per heavy atom. The van der Waals surface area contributed by atoms with Gasteiger partial charge in [-0.05, 0) is 13.8 Å². The van der Waals surface area contributed by atoms with Crippen LogP contribution in [0.5, 0.6) is 0 Å². The Morgan fingerprint density at radius 1 is 1.55 bits per heavy atom. The zero-order valence-corrected chi connectivity index (χ0v) is 6.73. The Bertz CT molecular complexity index is 138. The highest BCUT2D eigenvalue weighted by Crippen LogP contribution is 2.25. The molecular formula is C7H13F2NO. The predicted octanol–water partition coefficient (Wildman–Crippen LogP) is 1.02. The molecule has 4 heteroatoms. The van der Waals surface area contributed by atoms with Crippen molar-refractivity contribution in [2.45, 2.75) is 32.0 Å². The summed E-state index contributed by atoms with van der Waals surface area (Å²) in [5.41, 5.74) is 0. The molecule has 1 fully saturated rings. The van der Waals surface area contributed by atoms with Crippen LogP contribution in [0, 0.1) is 0 Å². The lowest BCUT2D eigenvalue weighted by Gasteiger charge is -2.20. The van der Waals surface area contributed by atoms with E-state index in [0.29, 0.717) is 0 Å². The van der Waals surface area contributed by atoms with Gasteiger partial charge >= 0.3 is 0 Å². The number of alkyl halides is 2. The van der Waals surface area contributed by atoms with Crippen LogP contribution in [0.2, 0.25) is 0 Å². The summed E-state index contributed by atoms with van der Waals surface area (Å²) in [6.07, 6.45) is -1.08. The predicted molar refractivity (Wildman–Crippen MR) is 37.8 cm³/mol. The van der Waals surface area contributed by atoms with Gasteiger partial charge in [0.05, 0.1) is 12.6 Å². The summed E-state index contributed by atoms with van der Waals surface area (Å²) in [4.78, 5) is 0. The minimum atomic E-state index is -2.69. The summed E-state index contributed by atoms with van der Waals surface area (Å²) in [6, 6.07) is 0. The van der Waals surface area contributed by atoms with E-state index in [1.165, 1.54) is 0 Å². The fourth-order valence-corrected chi connectivity index (χ4v) is 1.11. The standard InChI is InChI=1S/C7H13F2NO/c1-5(2)11-6-3-10-4-7(6,8)9/h5-6,10H,3-4H2,1-2H3/t6-/m0/s1. The zero-order valence-electron chi connectivity index (χ0n) is 6.73. The van der Waals surface area contributed by atoms with Crippen LogP contribution in [-0.2, 0) is 4.74 Å². The normalized spacial score (nSPS) is 29.7. The Labute approximate surface area is 64.9 Å². The van der Waals surface area contributed by atoms with Crippen LogP contribution in [0.4, 0.5) is 8.78 Å². The van der Waals surface area contributed by atoms with Gasteiger partial charge in [0.15, 0.2) is 0 Å². The highest BCUT2D eigenvalue weighted by Gasteiger charge is 2.45. The van der Waals surface area contributed by atoms with Crippen molar-refractivity contribution >= 4 is 0 Å². The second kappa shape index (κ2) is 3.03. The van der Waals surface area contributed by atoms with Crippen LogP contribution < -0.4 is 5.32 Å². The molecule has 0 amide bonds. The summed E-state index contributed by atoms with van der Waals surface area (Å²) in [5.74, 6) is -2.69. The van der Waals surface area contributed by atoms with E-state index in [1.54, 1.807) is 13.8 Å². The average molecular weight is 165 g/mol. The Morgan fingerprint density at radius 3 is 2.55 bits per heavy atom. The van der Waals surface area contributed by atoms with E-state index in [4.69, 9.17) is 4.74 Å². The van der Waals surface area contributed by atoms with Gasteiger partial charge in [-0.25, -0.2) is 8.78 Å². The number of hydrogen-bond acceptors (Lipinski definition) is 2. The van der Waals surface area contributed by atoms with Crippen molar-refractivity contribution in [1.82, 2.24) is 5.32 Å². The second-order valence-corrected chi connectivity index (χ2v) is 3.07. The second-order valence-electron chi connectivity index (χ2n) is 3.07. The van der Waals surface area contributed by atoms with Gasteiger partial charge in [0.1, 0.15) is 6.10 Å². The molecule has 0 aliphatic carbocycles. The summed E-state index contributed by atoms with van der Waals surface area (Å²) >= 11 is 0.